The number of fused-ring (bicyclic) bond motifs is 1. The predicted octanol–water partition coefficient (Wildman–Crippen LogP) is 6.16. The molecule has 2 N–H and O–H groups in total. The number of carbonyl (C=O) groups excluding carboxylic acids is 2. The highest BCUT2D eigenvalue weighted by Crippen LogP contribution is 2.43. The van der Waals surface area contributed by atoms with Gasteiger partial charge in [-0.15, -0.1) is 0 Å². The fourth-order valence-corrected chi connectivity index (χ4v) is 6.76. The number of hydrogen-bond donors (Lipinski definition) is 2. The van der Waals surface area contributed by atoms with E-state index in [4.69, 9.17) is 9.47 Å². The van der Waals surface area contributed by atoms with Crippen LogP contribution in [-0.4, -0.2) is 51.1 Å². The molecule has 4 aromatic carbocycles. The maximum Gasteiger partial charge on any atom is 0.261 e. The highest BCUT2D eigenvalue weighted by atomic mass is 32.2. The molecule has 2 heterocycles. The van der Waals surface area contributed by atoms with Crippen molar-refractivity contribution >= 4 is 23.6 Å². The van der Waals surface area contributed by atoms with Crippen LogP contribution in [0.5, 0.6) is 0 Å². The summed E-state index contributed by atoms with van der Waals surface area (Å²) in [6.45, 7) is 2.42. The maximum atomic E-state index is 12.9. The van der Waals surface area contributed by atoms with Crippen LogP contribution in [0.1, 0.15) is 62.3 Å². The lowest BCUT2D eigenvalue weighted by Crippen LogP contribution is -2.38. The molecule has 2 amide bonds. The quantitative estimate of drug-likeness (QED) is 0.164. The zero-order valence-electron chi connectivity index (χ0n) is 24.5. The first-order valence-electron chi connectivity index (χ1n) is 14.8. The first-order chi connectivity index (χ1) is 21.5. The molecule has 0 unspecified atom stereocenters. The fourth-order valence-electron chi connectivity index (χ4n) is 5.85. The van der Waals surface area contributed by atoms with Gasteiger partial charge in [0, 0.05) is 23.0 Å². The minimum absolute atomic E-state index is 0.0141. The van der Waals surface area contributed by atoms with Crippen LogP contribution in [0, 0.1) is 5.92 Å². The van der Waals surface area contributed by atoms with Crippen LogP contribution in [0.25, 0.3) is 11.1 Å². The van der Waals surface area contributed by atoms with Gasteiger partial charge in [-0.2, -0.15) is 11.8 Å². The Morgan fingerprint density at radius 2 is 1.43 bits per heavy atom. The summed E-state index contributed by atoms with van der Waals surface area (Å²) >= 11 is 1.66. The lowest BCUT2D eigenvalue weighted by Gasteiger charge is -2.41. The summed E-state index contributed by atoms with van der Waals surface area (Å²) in [7, 11) is 0. The van der Waals surface area contributed by atoms with Crippen LogP contribution < -0.4 is 0 Å². The summed E-state index contributed by atoms with van der Waals surface area (Å²) in [5, 5.41) is 18.8. The van der Waals surface area contributed by atoms with E-state index in [0.29, 0.717) is 16.9 Å². The highest BCUT2D eigenvalue weighted by Gasteiger charge is 2.38. The minimum atomic E-state index is -0.602. The number of rotatable bonds is 10. The molecule has 4 atom stereocenters. The van der Waals surface area contributed by atoms with E-state index in [0.717, 1.165) is 39.1 Å². The second-order valence-corrected chi connectivity index (χ2v) is 12.3. The second kappa shape index (κ2) is 13.5. The number of nitrogens with zero attached hydrogens (tertiary/aromatic N) is 1. The maximum absolute atomic E-state index is 12.9. The van der Waals surface area contributed by atoms with E-state index in [-0.39, 0.29) is 49.7 Å². The Morgan fingerprint density at radius 1 is 0.750 bits per heavy atom. The number of hydrogen-bond acceptors (Lipinski definition) is 7. The van der Waals surface area contributed by atoms with E-state index in [1.54, 1.807) is 36.0 Å². The molecule has 1 saturated heterocycles. The molecule has 4 aromatic rings. The number of amides is 2. The summed E-state index contributed by atoms with van der Waals surface area (Å²) in [4.78, 5) is 27.2. The summed E-state index contributed by atoms with van der Waals surface area (Å²) in [6, 6.07) is 30.7. The molecule has 1 fully saturated rings. The van der Waals surface area contributed by atoms with Crippen LogP contribution in [-0.2, 0) is 22.6 Å². The largest absolute Gasteiger partial charge is 0.396 e. The van der Waals surface area contributed by atoms with Crippen LogP contribution in [0.15, 0.2) is 97.1 Å². The van der Waals surface area contributed by atoms with Gasteiger partial charge in [0.1, 0.15) is 0 Å². The molecule has 2 aliphatic heterocycles. The molecule has 226 valence electrons. The van der Waals surface area contributed by atoms with Gasteiger partial charge < -0.3 is 19.7 Å². The molecular weight excluding hydrogens is 574 g/mol. The van der Waals surface area contributed by atoms with Crippen molar-refractivity contribution in [2.45, 2.75) is 38.6 Å². The summed E-state index contributed by atoms with van der Waals surface area (Å²) in [5.41, 5.74) is 6.42. The number of ether oxygens (including phenoxy) is 2. The van der Waals surface area contributed by atoms with E-state index in [9.17, 15) is 19.8 Å². The Bertz CT molecular complexity index is 1600. The summed E-state index contributed by atoms with van der Waals surface area (Å²) in [6.07, 6.45) is -0.915. The number of thioether (sulfide) groups is 1. The van der Waals surface area contributed by atoms with Crippen molar-refractivity contribution in [2.75, 3.05) is 18.1 Å². The zero-order chi connectivity index (χ0) is 30.6. The van der Waals surface area contributed by atoms with E-state index in [1.807, 2.05) is 66.7 Å². The topological polar surface area (TPSA) is 96.3 Å². The Labute approximate surface area is 261 Å². The number of benzene rings is 4. The average Bonchev–Trinajstić information content (AvgIpc) is 3.30. The number of aliphatic hydroxyl groups excluding tert-OH is 2. The molecule has 7 nitrogen and oxygen atoms in total. The average molecular weight is 610 g/mol. The van der Waals surface area contributed by atoms with Crippen LogP contribution in [0.4, 0.5) is 0 Å². The van der Waals surface area contributed by atoms with Gasteiger partial charge >= 0.3 is 0 Å². The van der Waals surface area contributed by atoms with Gasteiger partial charge in [-0.05, 0) is 52.1 Å². The van der Waals surface area contributed by atoms with E-state index < -0.39 is 6.29 Å². The van der Waals surface area contributed by atoms with Gasteiger partial charge in [0.25, 0.3) is 11.8 Å². The van der Waals surface area contributed by atoms with E-state index >= 15 is 0 Å². The molecular formula is C36H35NO6S. The van der Waals surface area contributed by atoms with Gasteiger partial charge in [0.15, 0.2) is 6.29 Å². The molecule has 8 heteroatoms. The monoisotopic (exact) mass is 609 g/mol. The van der Waals surface area contributed by atoms with Gasteiger partial charge in [-0.25, -0.2) is 0 Å². The zero-order valence-corrected chi connectivity index (χ0v) is 25.3. The summed E-state index contributed by atoms with van der Waals surface area (Å²) in [5.74, 6) is 0.893. The van der Waals surface area contributed by atoms with Crippen molar-refractivity contribution in [3.8, 4) is 11.1 Å². The number of aliphatic hydroxyl groups is 2. The van der Waals surface area contributed by atoms with Crippen molar-refractivity contribution in [1.82, 2.24) is 4.90 Å². The Morgan fingerprint density at radius 3 is 2.11 bits per heavy atom. The Balaban J connectivity index is 1.24. The first kappa shape index (κ1) is 30.2. The number of carbonyl (C=O) groups is 2. The third-order valence-corrected chi connectivity index (χ3v) is 9.31. The molecule has 6 rings (SSSR count). The van der Waals surface area contributed by atoms with Gasteiger partial charge in [-0.3, -0.25) is 14.5 Å². The molecule has 0 bridgehead atoms. The molecule has 0 aliphatic carbocycles. The van der Waals surface area contributed by atoms with Gasteiger partial charge in [0.2, 0.25) is 0 Å². The lowest BCUT2D eigenvalue weighted by atomic mass is 9.91. The smallest absolute Gasteiger partial charge is 0.261 e. The predicted molar refractivity (Wildman–Crippen MR) is 170 cm³/mol. The van der Waals surface area contributed by atoms with Crippen molar-refractivity contribution < 1.29 is 29.3 Å². The molecule has 0 aromatic heterocycles. The molecule has 0 spiro atoms. The normalized spacial score (nSPS) is 21.5. The Kier molecular flexibility index (Phi) is 9.25. The standard InChI is InChI=1S/C36H35NO6S/c1-23-32(22-44-17-16-38)42-36(43-33(23)26-14-12-24(21-39)13-15-26)29-9-5-8-28(19-29)27-7-4-6-25(18-27)20-37-34(40)30-10-2-3-11-31(30)35(37)41/h2-15,18-19,23,32-33,36,38-39H,16-17,20-22H2,1H3/t23-,32+,33+,36+/m0/s1. The third kappa shape index (κ3) is 6.22. The SMILES string of the molecule is C[C@H]1[C@@H](CSCCO)O[C@@H](c2cccc(-c3cccc(CN4C(=O)c5ccccc5C4=O)c3)c2)O[C@H]1c1ccc(CO)cc1. The van der Waals surface area contributed by atoms with Gasteiger partial charge in [0.05, 0.1) is 43.1 Å². The summed E-state index contributed by atoms with van der Waals surface area (Å²) < 4.78 is 13.2. The van der Waals surface area contributed by atoms with Crippen molar-refractivity contribution in [1.29, 1.82) is 0 Å². The second-order valence-electron chi connectivity index (χ2n) is 11.2. The van der Waals surface area contributed by atoms with Crippen molar-refractivity contribution in [3.05, 3.63) is 130 Å². The highest BCUT2D eigenvalue weighted by molar-refractivity contribution is 7.99. The van der Waals surface area contributed by atoms with Crippen LogP contribution in [0.3, 0.4) is 0 Å². The van der Waals surface area contributed by atoms with Gasteiger partial charge in [-0.1, -0.05) is 79.7 Å². The van der Waals surface area contributed by atoms with Crippen molar-refractivity contribution in [2.24, 2.45) is 5.92 Å². The molecule has 0 saturated carbocycles. The first-order valence-corrected chi connectivity index (χ1v) is 16.0. The number of imide groups is 1. The van der Waals surface area contributed by atoms with E-state index in [1.165, 1.54) is 4.90 Å². The minimum Gasteiger partial charge on any atom is -0.396 e. The fraction of sp³-hybridized carbons (Fsp3) is 0.278. The van der Waals surface area contributed by atoms with Crippen LogP contribution in [0.2, 0.25) is 0 Å². The molecule has 2 aliphatic rings. The Hall–Kier alpha value is -3.79. The van der Waals surface area contributed by atoms with E-state index in [2.05, 4.69) is 13.0 Å². The lowest BCUT2D eigenvalue weighted by molar-refractivity contribution is -0.268. The third-order valence-electron chi connectivity index (χ3n) is 8.28. The van der Waals surface area contributed by atoms with Crippen LogP contribution >= 0.6 is 11.8 Å². The molecule has 44 heavy (non-hydrogen) atoms. The van der Waals surface area contributed by atoms with Crippen molar-refractivity contribution in [3.63, 3.8) is 0 Å². The molecule has 0 radical (unpaired) electrons.